The maximum atomic E-state index is 11.9. The van der Waals surface area contributed by atoms with Gasteiger partial charge in [0.15, 0.2) is 0 Å². The second kappa shape index (κ2) is 5.96. The van der Waals surface area contributed by atoms with E-state index in [0.717, 1.165) is 16.9 Å². The topological polar surface area (TPSA) is 59.0 Å². The van der Waals surface area contributed by atoms with Gasteiger partial charge in [0.25, 0.3) is 0 Å². The van der Waals surface area contributed by atoms with Crippen LogP contribution in [-0.4, -0.2) is 22.2 Å². The van der Waals surface area contributed by atoms with Crippen LogP contribution in [0.2, 0.25) is 5.02 Å². The van der Waals surface area contributed by atoms with Crippen molar-refractivity contribution in [3.8, 4) is 0 Å². The summed E-state index contributed by atoms with van der Waals surface area (Å²) in [6.07, 6.45) is 0. The average molecular weight is 293 g/mol. The Labute approximate surface area is 122 Å². The molecular weight excluding hydrogens is 276 g/mol. The Morgan fingerprint density at radius 1 is 1.35 bits per heavy atom. The lowest BCUT2D eigenvalue weighted by molar-refractivity contribution is -0.114. The van der Waals surface area contributed by atoms with Crippen molar-refractivity contribution in [3.05, 3.63) is 40.5 Å². The predicted octanol–water partition coefficient (Wildman–Crippen LogP) is 2.74. The van der Waals surface area contributed by atoms with Gasteiger partial charge in [-0.05, 0) is 31.5 Å². The molecule has 0 aliphatic carbocycles. The molecule has 0 saturated carbocycles. The number of rotatable bonds is 4. The molecule has 5 nitrogen and oxygen atoms in total. The Kier molecular flexibility index (Phi) is 4.29. The van der Waals surface area contributed by atoms with Crippen LogP contribution >= 0.6 is 11.6 Å². The largest absolute Gasteiger partial charge is 0.376 e. The number of nitrogens with zero attached hydrogens (tertiary/aromatic N) is 2. The maximum absolute atomic E-state index is 11.9. The third kappa shape index (κ3) is 3.51. The maximum Gasteiger partial charge on any atom is 0.244 e. The number of aromatic nitrogens is 2. The minimum atomic E-state index is -0.132. The summed E-state index contributed by atoms with van der Waals surface area (Å²) in [4.78, 5) is 11.9. The second-order valence-electron chi connectivity index (χ2n) is 4.66. The van der Waals surface area contributed by atoms with Crippen molar-refractivity contribution in [1.29, 1.82) is 0 Å². The number of halogens is 1. The highest BCUT2D eigenvalue weighted by molar-refractivity contribution is 6.30. The Bertz CT molecular complexity index is 636. The van der Waals surface area contributed by atoms with Gasteiger partial charge in [0.05, 0.1) is 12.2 Å². The summed E-state index contributed by atoms with van der Waals surface area (Å²) in [5.74, 6) is 0.546. The number of anilines is 2. The molecule has 2 aromatic rings. The van der Waals surface area contributed by atoms with Gasteiger partial charge in [0, 0.05) is 23.8 Å². The van der Waals surface area contributed by atoms with Gasteiger partial charge in [-0.3, -0.25) is 9.48 Å². The minimum absolute atomic E-state index is 0.132. The lowest BCUT2D eigenvalue weighted by Crippen LogP contribution is -2.23. The molecule has 20 heavy (non-hydrogen) atoms. The van der Waals surface area contributed by atoms with Crippen molar-refractivity contribution in [1.82, 2.24) is 9.78 Å². The number of carbonyl (C=O) groups excluding carboxylic acids is 1. The molecule has 0 atom stereocenters. The van der Waals surface area contributed by atoms with E-state index >= 15 is 0 Å². The number of hydrogen-bond acceptors (Lipinski definition) is 3. The van der Waals surface area contributed by atoms with Gasteiger partial charge in [-0.15, -0.1) is 0 Å². The van der Waals surface area contributed by atoms with Crippen molar-refractivity contribution in [2.75, 3.05) is 17.2 Å². The summed E-state index contributed by atoms with van der Waals surface area (Å²) < 4.78 is 1.64. The smallest absolute Gasteiger partial charge is 0.244 e. The number of nitrogens with one attached hydrogen (secondary N) is 2. The standard InChI is InChI=1S/C14H17ClN4O/c1-9-4-5-11(15)7-12(9)16-8-14(20)17-13-6-10(2)18-19(13)3/h4-7,16H,8H2,1-3H3,(H,17,20). The zero-order valence-corrected chi connectivity index (χ0v) is 12.5. The fourth-order valence-corrected chi connectivity index (χ4v) is 2.05. The summed E-state index contributed by atoms with van der Waals surface area (Å²) in [6, 6.07) is 7.36. The van der Waals surface area contributed by atoms with Crippen LogP contribution in [0.3, 0.4) is 0 Å². The van der Waals surface area contributed by atoms with E-state index in [2.05, 4.69) is 15.7 Å². The SMILES string of the molecule is Cc1cc(NC(=O)CNc2cc(Cl)ccc2C)n(C)n1. The lowest BCUT2D eigenvalue weighted by atomic mass is 10.2. The molecule has 0 bridgehead atoms. The molecule has 0 unspecified atom stereocenters. The molecule has 0 radical (unpaired) electrons. The highest BCUT2D eigenvalue weighted by atomic mass is 35.5. The number of benzene rings is 1. The first-order valence-corrected chi connectivity index (χ1v) is 6.64. The minimum Gasteiger partial charge on any atom is -0.376 e. The number of aryl methyl sites for hydroxylation is 3. The van der Waals surface area contributed by atoms with E-state index in [-0.39, 0.29) is 12.5 Å². The van der Waals surface area contributed by atoms with Gasteiger partial charge < -0.3 is 10.6 Å². The third-order valence-corrected chi connectivity index (χ3v) is 3.14. The van der Waals surface area contributed by atoms with E-state index in [1.807, 2.05) is 32.0 Å². The molecule has 2 rings (SSSR count). The van der Waals surface area contributed by atoms with E-state index < -0.39 is 0 Å². The van der Waals surface area contributed by atoms with Gasteiger partial charge in [-0.2, -0.15) is 5.10 Å². The Balaban J connectivity index is 1.95. The lowest BCUT2D eigenvalue weighted by Gasteiger charge is -2.10. The molecule has 0 aliphatic heterocycles. The summed E-state index contributed by atoms with van der Waals surface area (Å²) in [5, 5.41) is 10.7. The highest BCUT2D eigenvalue weighted by Crippen LogP contribution is 2.19. The molecule has 106 valence electrons. The van der Waals surface area contributed by atoms with Crippen molar-refractivity contribution in [2.24, 2.45) is 7.05 Å². The van der Waals surface area contributed by atoms with E-state index in [1.54, 1.807) is 17.8 Å². The van der Waals surface area contributed by atoms with Crippen molar-refractivity contribution in [2.45, 2.75) is 13.8 Å². The Morgan fingerprint density at radius 3 is 2.75 bits per heavy atom. The fraction of sp³-hybridized carbons (Fsp3) is 0.286. The molecule has 6 heteroatoms. The van der Waals surface area contributed by atoms with Crippen molar-refractivity contribution < 1.29 is 4.79 Å². The summed E-state index contributed by atoms with van der Waals surface area (Å²) in [6.45, 7) is 4.01. The number of hydrogen-bond donors (Lipinski definition) is 2. The van der Waals surface area contributed by atoms with Crippen LogP contribution in [0.5, 0.6) is 0 Å². The van der Waals surface area contributed by atoms with Crippen molar-refractivity contribution in [3.63, 3.8) is 0 Å². The third-order valence-electron chi connectivity index (χ3n) is 2.91. The van der Waals surface area contributed by atoms with Crippen LogP contribution in [-0.2, 0) is 11.8 Å². The predicted molar refractivity (Wildman–Crippen MR) is 81.3 cm³/mol. The first kappa shape index (κ1) is 14.4. The van der Waals surface area contributed by atoms with Crippen molar-refractivity contribution >= 4 is 29.0 Å². The fourth-order valence-electron chi connectivity index (χ4n) is 1.87. The molecule has 1 amide bonds. The normalized spacial score (nSPS) is 10.4. The van der Waals surface area contributed by atoms with Gasteiger partial charge in [0.1, 0.15) is 5.82 Å². The van der Waals surface area contributed by atoms with Crippen LogP contribution in [0.4, 0.5) is 11.5 Å². The Morgan fingerprint density at radius 2 is 2.10 bits per heavy atom. The average Bonchev–Trinajstić information content (AvgIpc) is 2.69. The summed E-state index contributed by atoms with van der Waals surface area (Å²) >= 11 is 5.93. The highest BCUT2D eigenvalue weighted by Gasteiger charge is 2.07. The summed E-state index contributed by atoms with van der Waals surface area (Å²) in [5.41, 5.74) is 2.76. The first-order valence-electron chi connectivity index (χ1n) is 6.26. The van der Waals surface area contributed by atoms with E-state index in [1.165, 1.54) is 0 Å². The van der Waals surface area contributed by atoms with E-state index in [0.29, 0.717) is 10.8 Å². The van der Waals surface area contributed by atoms with Gasteiger partial charge in [0.2, 0.25) is 5.91 Å². The van der Waals surface area contributed by atoms with Crippen LogP contribution in [0.15, 0.2) is 24.3 Å². The number of carbonyl (C=O) groups is 1. The molecular formula is C14H17ClN4O. The monoisotopic (exact) mass is 292 g/mol. The van der Waals surface area contributed by atoms with E-state index in [4.69, 9.17) is 11.6 Å². The quantitative estimate of drug-likeness (QED) is 0.911. The first-order chi connectivity index (χ1) is 9.45. The molecule has 1 aromatic carbocycles. The van der Waals surface area contributed by atoms with Crippen LogP contribution in [0, 0.1) is 13.8 Å². The Hall–Kier alpha value is -2.01. The molecule has 0 aliphatic rings. The molecule has 0 saturated heterocycles. The molecule has 0 fully saturated rings. The van der Waals surface area contributed by atoms with Gasteiger partial charge >= 0.3 is 0 Å². The molecule has 2 N–H and O–H groups in total. The van der Waals surface area contributed by atoms with Gasteiger partial charge in [-0.25, -0.2) is 0 Å². The molecule has 1 heterocycles. The molecule has 1 aromatic heterocycles. The van der Waals surface area contributed by atoms with E-state index in [9.17, 15) is 4.79 Å². The second-order valence-corrected chi connectivity index (χ2v) is 5.09. The zero-order valence-electron chi connectivity index (χ0n) is 11.7. The molecule has 0 spiro atoms. The number of amides is 1. The van der Waals surface area contributed by atoms with Crippen LogP contribution < -0.4 is 10.6 Å². The zero-order chi connectivity index (χ0) is 14.7. The van der Waals surface area contributed by atoms with Gasteiger partial charge in [-0.1, -0.05) is 17.7 Å². The summed E-state index contributed by atoms with van der Waals surface area (Å²) in [7, 11) is 1.79. The van der Waals surface area contributed by atoms with Crippen LogP contribution in [0.25, 0.3) is 0 Å². The van der Waals surface area contributed by atoms with Crippen LogP contribution in [0.1, 0.15) is 11.3 Å².